The van der Waals surface area contributed by atoms with Gasteiger partial charge in [0.15, 0.2) is 0 Å². The summed E-state index contributed by atoms with van der Waals surface area (Å²) in [6, 6.07) is 6.36. The van der Waals surface area contributed by atoms with Crippen molar-refractivity contribution in [3.63, 3.8) is 0 Å². The third-order valence-electron chi connectivity index (χ3n) is 1.53. The molecule has 3 N–H and O–H groups in total. The Kier molecular flexibility index (Phi) is 3.28. The molecular weight excluding hydrogens is 188 g/mol. The molecule has 0 saturated heterocycles. The van der Waals surface area contributed by atoms with E-state index < -0.39 is 6.04 Å². The third-order valence-corrected chi connectivity index (χ3v) is 1.78. The predicted molar refractivity (Wildman–Crippen MR) is 53.7 cm³/mol. The Balaban J connectivity index is 2.65. The number of hydrogen-bond donors (Lipinski definition) is 2. The van der Waals surface area contributed by atoms with Crippen LogP contribution in [0.5, 0.6) is 0 Å². The summed E-state index contributed by atoms with van der Waals surface area (Å²) in [5.74, 6) is -0.206. The van der Waals surface area contributed by atoms with Crippen molar-refractivity contribution in [2.75, 3.05) is 5.32 Å². The molecule has 1 amide bonds. The average molecular weight is 199 g/mol. The number of benzene rings is 1. The van der Waals surface area contributed by atoms with Gasteiger partial charge in [0.25, 0.3) is 0 Å². The molecule has 0 aliphatic carbocycles. The lowest BCUT2D eigenvalue weighted by Crippen LogP contribution is -2.32. The third kappa shape index (κ3) is 3.05. The van der Waals surface area contributed by atoms with E-state index in [0.29, 0.717) is 10.7 Å². The van der Waals surface area contributed by atoms with Crippen LogP contribution in [0.3, 0.4) is 0 Å². The van der Waals surface area contributed by atoms with Crippen molar-refractivity contribution >= 4 is 23.2 Å². The first kappa shape index (κ1) is 10.0. The van der Waals surface area contributed by atoms with Crippen LogP contribution in [0.25, 0.3) is 0 Å². The molecule has 0 saturated carbocycles. The van der Waals surface area contributed by atoms with Crippen LogP contribution in [0.1, 0.15) is 6.92 Å². The Hall–Kier alpha value is -1.06. The molecule has 1 aromatic rings. The number of anilines is 1. The molecule has 0 aromatic heterocycles. The van der Waals surface area contributed by atoms with E-state index in [1.54, 1.807) is 31.2 Å². The molecule has 0 radical (unpaired) electrons. The second kappa shape index (κ2) is 4.25. The van der Waals surface area contributed by atoms with E-state index in [9.17, 15) is 4.79 Å². The lowest BCUT2D eigenvalue weighted by Gasteiger charge is -2.06. The maximum absolute atomic E-state index is 11.1. The number of nitrogens with two attached hydrogens (primary N) is 1. The van der Waals surface area contributed by atoms with Crippen LogP contribution in [-0.4, -0.2) is 11.9 Å². The molecule has 4 heteroatoms. The van der Waals surface area contributed by atoms with Crippen molar-refractivity contribution in [2.24, 2.45) is 5.73 Å². The maximum Gasteiger partial charge on any atom is 0.240 e. The lowest BCUT2D eigenvalue weighted by molar-refractivity contribution is -0.117. The normalized spacial score (nSPS) is 12.2. The van der Waals surface area contributed by atoms with Gasteiger partial charge in [-0.1, -0.05) is 11.6 Å². The molecule has 0 bridgehead atoms. The summed E-state index contributed by atoms with van der Waals surface area (Å²) >= 11 is 5.67. The van der Waals surface area contributed by atoms with Gasteiger partial charge in [-0.05, 0) is 31.2 Å². The van der Waals surface area contributed by atoms with Crippen molar-refractivity contribution in [2.45, 2.75) is 13.0 Å². The first-order valence-corrected chi connectivity index (χ1v) is 4.29. The fraction of sp³-hybridized carbons (Fsp3) is 0.222. The minimum absolute atomic E-state index is 0.206. The highest BCUT2D eigenvalue weighted by Gasteiger charge is 2.06. The van der Waals surface area contributed by atoms with Crippen molar-refractivity contribution in [1.29, 1.82) is 0 Å². The Bertz CT molecular complexity index is 295. The first-order chi connectivity index (χ1) is 6.09. The second-order valence-electron chi connectivity index (χ2n) is 2.78. The van der Waals surface area contributed by atoms with Gasteiger partial charge in [-0.15, -0.1) is 0 Å². The summed E-state index contributed by atoms with van der Waals surface area (Å²) in [6.07, 6.45) is 0. The van der Waals surface area contributed by atoms with Crippen LogP contribution in [-0.2, 0) is 4.79 Å². The average Bonchev–Trinajstić information content (AvgIpc) is 2.08. The van der Waals surface area contributed by atoms with Gasteiger partial charge in [0, 0.05) is 10.7 Å². The molecule has 0 heterocycles. The molecule has 13 heavy (non-hydrogen) atoms. The molecule has 0 unspecified atom stereocenters. The minimum Gasteiger partial charge on any atom is -0.325 e. The SMILES string of the molecule is C[C@@H](N)C(=O)Nc1ccc(Cl)cc1. The number of nitrogens with one attached hydrogen (secondary N) is 1. The van der Waals surface area contributed by atoms with E-state index in [-0.39, 0.29) is 5.91 Å². The summed E-state index contributed by atoms with van der Waals surface area (Å²) in [5.41, 5.74) is 6.08. The zero-order chi connectivity index (χ0) is 9.84. The van der Waals surface area contributed by atoms with Crippen LogP contribution >= 0.6 is 11.6 Å². The summed E-state index contributed by atoms with van der Waals surface area (Å²) in [7, 11) is 0. The Morgan fingerprint density at radius 3 is 2.46 bits per heavy atom. The van der Waals surface area contributed by atoms with Gasteiger partial charge in [0.1, 0.15) is 0 Å². The van der Waals surface area contributed by atoms with Gasteiger partial charge in [-0.3, -0.25) is 4.79 Å². The van der Waals surface area contributed by atoms with Crippen LogP contribution in [0, 0.1) is 0 Å². The number of hydrogen-bond acceptors (Lipinski definition) is 2. The quantitative estimate of drug-likeness (QED) is 0.759. The van der Waals surface area contributed by atoms with Crippen LogP contribution in [0.2, 0.25) is 5.02 Å². The number of amides is 1. The maximum atomic E-state index is 11.1. The van der Waals surface area contributed by atoms with E-state index in [2.05, 4.69) is 5.32 Å². The summed E-state index contributed by atoms with van der Waals surface area (Å²) in [4.78, 5) is 11.1. The Labute approximate surface area is 81.9 Å². The minimum atomic E-state index is -0.504. The number of carbonyl (C=O) groups is 1. The molecular formula is C9H11ClN2O. The second-order valence-corrected chi connectivity index (χ2v) is 3.22. The molecule has 0 aliphatic rings. The first-order valence-electron chi connectivity index (χ1n) is 3.91. The van der Waals surface area contributed by atoms with Crippen molar-refractivity contribution in [3.05, 3.63) is 29.3 Å². The highest BCUT2D eigenvalue weighted by Crippen LogP contribution is 2.13. The van der Waals surface area contributed by atoms with Gasteiger partial charge >= 0.3 is 0 Å². The number of carbonyl (C=O) groups excluding carboxylic acids is 1. The standard InChI is InChI=1S/C9H11ClN2O/c1-6(11)9(13)12-8-4-2-7(10)3-5-8/h2-6H,11H2,1H3,(H,12,13)/t6-/m1/s1. The van der Waals surface area contributed by atoms with Gasteiger partial charge in [-0.25, -0.2) is 0 Å². The highest BCUT2D eigenvalue weighted by atomic mass is 35.5. The van der Waals surface area contributed by atoms with Gasteiger partial charge in [0.05, 0.1) is 6.04 Å². The van der Waals surface area contributed by atoms with Crippen molar-refractivity contribution < 1.29 is 4.79 Å². The lowest BCUT2D eigenvalue weighted by atomic mass is 10.3. The summed E-state index contributed by atoms with van der Waals surface area (Å²) < 4.78 is 0. The predicted octanol–water partition coefficient (Wildman–Crippen LogP) is 1.63. The molecule has 70 valence electrons. The molecule has 0 fully saturated rings. The van der Waals surface area contributed by atoms with E-state index in [0.717, 1.165) is 0 Å². The van der Waals surface area contributed by atoms with Crippen molar-refractivity contribution in [3.8, 4) is 0 Å². The van der Waals surface area contributed by atoms with Gasteiger partial charge < -0.3 is 11.1 Å². The number of rotatable bonds is 2. The van der Waals surface area contributed by atoms with E-state index in [4.69, 9.17) is 17.3 Å². The molecule has 1 atom stereocenters. The zero-order valence-electron chi connectivity index (χ0n) is 7.25. The zero-order valence-corrected chi connectivity index (χ0v) is 8.01. The van der Waals surface area contributed by atoms with E-state index in [1.165, 1.54) is 0 Å². The van der Waals surface area contributed by atoms with Gasteiger partial charge in [0.2, 0.25) is 5.91 Å². The topological polar surface area (TPSA) is 55.1 Å². The fourth-order valence-electron chi connectivity index (χ4n) is 0.789. The van der Waals surface area contributed by atoms with Gasteiger partial charge in [-0.2, -0.15) is 0 Å². The van der Waals surface area contributed by atoms with Crippen LogP contribution in [0.4, 0.5) is 5.69 Å². The summed E-state index contributed by atoms with van der Waals surface area (Å²) in [6.45, 7) is 1.63. The molecule has 1 aromatic carbocycles. The molecule has 3 nitrogen and oxygen atoms in total. The molecule has 0 spiro atoms. The largest absolute Gasteiger partial charge is 0.325 e. The Morgan fingerprint density at radius 2 is 2.00 bits per heavy atom. The smallest absolute Gasteiger partial charge is 0.240 e. The monoisotopic (exact) mass is 198 g/mol. The Morgan fingerprint density at radius 1 is 1.46 bits per heavy atom. The molecule has 0 aliphatic heterocycles. The highest BCUT2D eigenvalue weighted by molar-refractivity contribution is 6.30. The number of halogens is 1. The van der Waals surface area contributed by atoms with Crippen LogP contribution < -0.4 is 11.1 Å². The van der Waals surface area contributed by atoms with E-state index in [1.807, 2.05) is 0 Å². The van der Waals surface area contributed by atoms with Crippen LogP contribution in [0.15, 0.2) is 24.3 Å². The summed E-state index contributed by atoms with van der Waals surface area (Å²) in [5, 5.41) is 3.28. The molecule has 1 rings (SSSR count). The van der Waals surface area contributed by atoms with Crippen molar-refractivity contribution in [1.82, 2.24) is 0 Å². The van der Waals surface area contributed by atoms with E-state index >= 15 is 0 Å². The fourth-order valence-corrected chi connectivity index (χ4v) is 0.915.